The molecule has 3 rings (SSSR count). The second-order valence-electron chi connectivity index (χ2n) is 6.25. The second kappa shape index (κ2) is 8.80. The number of carbonyl (C=O) groups is 1. The topological polar surface area (TPSA) is 84.7 Å². The van der Waals surface area contributed by atoms with Gasteiger partial charge in [0.2, 0.25) is 0 Å². The van der Waals surface area contributed by atoms with Crippen molar-refractivity contribution in [2.45, 2.75) is 12.4 Å². The third kappa shape index (κ3) is 5.12. The molecule has 170 valence electrons. The summed E-state index contributed by atoms with van der Waals surface area (Å²) in [5.41, 5.74) is -3.75. The van der Waals surface area contributed by atoms with Gasteiger partial charge in [0.1, 0.15) is 11.6 Å². The molecule has 2 aromatic heterocycles. The third-order valence-corrected chi connectivity index (χ3v) is 4.04. The highest BCUT2D eigenvalue weighted by molar-refractivity contribution is 5.93. The first-order chi connectivity index (χ1) is 15.0. The number of alkyl halides is 6. The lowest BCUT2D eigenvalue weighted by Crippen LogP contribution is -2.31. The van der Waals surface area contributed by atoms with E-state index in [-0.39, 0.29) is 18.8 Å². The number of hydrogen-bond acceptors (Lipinski definition) is 5. The normalized spacial score (nSPS) is 12.0. The van der Waals surface area contributed by atoms with Crippen LogP contribution in [0.4, 0.5) is 36.6 Å². The molecule has 0 bridgehead atoms. The Kier molecular flexibility index (Phi) is 6.32. The van der Waals surface area contributed by atoms with E-state index in [1.807, 2.05) is 0 Å². The molecule has 0 aliphatic carbocycles. The van der Waals surface area contributed by atoms with Crippen LogP contribution in [-0.4, -0.2) is 39.0 Å². The Morgan fingerprint density at radius 1 is 0.969 bits per heavy atom. The van der Waals surface area contributed by atoms with Crippen LogP contribution in [0, 0.1) is 5.82 Å². The number of benzene rings is 1. The molecule has 32 heavy (non-hydrogen) atoms. The number of nitrogens with one attached hydrogen (secondary N) is 2. The maximum atomic E-state index is 13.6. The number of nitrogens with zero attached hydrogens (tertiary/aromatic N) is 4. The Hall–Kier alpha value is -3.71. The SMILES string of the molecule is O=C(NCCNc1ncccc1C(F)(F)F)c1nnn(-c2ccc(F)cc2)c1C(F)(F)F. The van der Waals surface area contributed by atoms with Gasteiger partial charge in [-0.15, -0.1) is 5.10 Å². The van der Waals surface area contributed by atoms with Crippen molar-refractivity contribution in [1.82, 2.24) is 25.3 Å². The van der Waals surface area contributed by atoms with Crippen molar-refractivity contribution in [3.05, 3.63) is 65.4 Å². The summed E-state index contributed by atoms with van der Waals surface area (Å²) in [5, 5.41) is 11.1. The molecule has 0 fully saturated rings. The van der Waals surface area contributed by atoms with Crippen LogP contribution < -0.4 is 10.6 Å². The van der Waals surface area contributed by atoms with Crippen LogP contribution in [-0.2, 0) is 12.4 Å². The molecule has 0 spiro atoms. The Labute approximate surface area is 175 Å². The average Bonchev–Trinajstić information content (AvgIpc) is 3.17. The Morgan fingerprint density at radius 3 is 2.28 bits per heavy atom. The van der Waals surface area contributed by atoms with Gasteiger partial charge in [0.05, 0.1) is 11.3 Å². The van der Waals surface area contributed by atoms with Gasteiger partial charge in [-0.2, -0.15) is 26.3 Å². The highest BCUT2D eigenvalue weighted by atomic mass is 19.4. The lowest BCUT2D eigenvalue weighted by molar-refractivity contribution is -0.143. The zero-order chi connectivity index (χ0) is 23.5. The number of pyridine rings is 1. The third-order valence-electron chi connectivity index (χ3n) is 4.04. The summed E-state index contributed by atoms with van der Waals surface area (Å²) in [6.45, 7) is -0.604. The van der Waals surface area contributed by atoms with Crippen LogP contribution in [0.15, 0.2) is 42.6 Å². The van der Waals surface area contributed by atoms with Gasteiger partial charge in [0.25, 0.3) is 5.91 Å². The van der Waals surface area contributed by atoms with E-state index in [1.165, 1.54) is 0 Å². The quantitative estimate of drug-likeness (QED) is 0.431. The first-order valence-electron chi connectivity index (χ1n) is 8.81. The summed E-state index contributed by atoms with van der Waals surface area (Å²) >= 11 is 0. The second-order valence-corrected chi connectivity index (χ2v) is 6.25. The molecular formula is C18H13F7N6O. The minimum atomic E-state index is -5.03. The molecule has 0 unspecified atom stereocenters. The lowest BCUT2D eigenvalue weighted by atomic mass is 10.2. The van der Waals surface area contributed by atoms with Gasteiger partial charge in [-0.1, -0.05) is 5.21 Å². The van der Waals surface area contributed by atoms with Gasteiger partial charge in [0.15, 0.2) is 11.4 Å². The van der Waals surface area contributed by atoms with Crippen molar-refractivity contribution in [3.8, 4) is 5.69 Å². The number of aromatic nitrogens is 4. The molecule has 2 N–H and O–H groups in total. The number of rotatable bonds is 6. The molecule has 0 radical (unpaired) electrons. The summed E-state index contributed by atoms with van der Waals surface area (Å²) < 4.78 is 92.8. The summed E-state index contributed by atoms with van der Waals surface area (Å²) in [6, 6.07) is 5.77. The molecule has 0 atom stereocenters. The minimum Gasteiger partial charge on any atom is -0.368 e. The zero-order valence-corrected chi connectivity index (χ0v) is 15.8. The van der Waals surface area contributed by atoms with Gasteiger partial charge in [0, 0.05) is 19.3 Å². The summed E-state index contributed by atoms with van der Waals surface area (Å²) in [7, 11) is 0. The van der Waals surface area contributed by atoms with Crippen molar-refractivity contribution < 1.29 is 35.5 Å². The van der Waals surface area contributed by atoms with E-state index >= 15 is 0 Å². The minimum absolute atomic E-state index is 0.179. The van der Waals surface area contributed by atoms with Gasteiger partial charge in [-0.3, -0.25) is 4.79 Å². The summed E-state index contributed by atoms with van der Waals surface area (Å²) in [6.07, 6.45) is -8.57. The largest absolute Gasteiger partial charge is 0.435 e. The van der Waals surface area contributed by atoms with Crippen LogP contribution in [0.25, 0.3) is 5.69 Å². The number of amides is 1. The molecule has 0 aliphatic rings. The lowest BCUT2D eigenvalue weighted by Gasteiger charge is -2.13. The van der Waals surface area contributed by atoms with E-state index in [0.29, 0.717) is 4.68 Å². The maximum absolute atomic E-state index is 13.6. The van der Waals surface area contributed by atoms with E-state index in [0.717, 1.165) is 42.6 Å². The molecule has 2 heterocycles. The number of hydrogen-bond donors (Lipinski definition) is 2. The van der Waals surface area contributed by atoms with E-state index in [4.69, 9.17) is 0 Å². The van der Waals surface area contributed by atoms with E-state index in [2.05, 4.69) is 25.9 Å². The molecular weight excluding hydrogens is 449 g/mol. The Morgan fingerprint density at radius 2 is 1.66 bits per heavy atom. The first-order valence-corrected chi connectivity index (χ1v) is 8.81. The maximum Gasteiger partial charge on any atom is 0.435 e. The fourth-order valence-electron chi connectivity index (χ4n) is 2.67. The van der Waals surface area contributed by atoms with Gasteiger partial charge < -0.3 is 10.6 Å². The van der Waals surface area contributed by atoms with Gasteiger partial charge in [-0.25, -0.2) is 14.1 Å². The molecule has 7 nitrogen and oxygen atoms in total. The zero-order valence-electron chi connectivity index (χ0n) is 15.8. The fraction of sp³-hybridized carbons (Fsp3) is 0.222. The monoisotopic (exact) mass is 462 g/mol. The highest BCUT2D eigenvalue weighted by Crippen LogP contribution is 2.34. The van der Waals surface area contributed by atoms with E-state index < -0.39 is 46.8 Å². The number of halogens is 7. The summed E-state index contributed by atoms with van der Waals surface area (Å²) in [4.78, 5) is 15.8. The van der Waals surface area contributed by atoms with E-state index in [1.54, 1.807) is 0 Å². The number of carbonyl (C=O) groups excluding carboxylic acids is 1. The van der Waals surface area contributed by atoms with Crippen LogP contribution in [0.1, 0.15) is 21.7 Å². The number of anilines is 1. The van der Waals surface area contributed by atoms with Gasteiger partial charge >= 0.3 is 12.4 Å². The molecule has 0 saturated carbocycles. The van der Waals surface area contributed by atoms with Crippen molar-refractivity contribution >= 4 is 11.7 Å². The fourth-order valence-corrected chi connectivity index (χ4v) is 2.67. The molecule has 14 heteroatoms. The van der Waals surface area contributed by atoms with Gasteiger partial charge in [-0.05, 0) is 36.4 Å². The van der Waals surface area contributed by atoms with E-state index in [9.17, 15) is 35.5 Å². The first kappa shape index (κ1) is 23.0. The molecule has 1 amide bonds. The molecule has 0 aliphatic heterocycles. The Bertz CT molecular complexity index is 1090. The van der Waals surface area contributed by atoms with Crippen LogP contribution in [0.5, 0.6) is 0 Å². The van der Waals surface area contributed by atoms with Crippen molar-refractivity contribution in [2.75, 3.05) is 18.4 Å². The van der Waals surface area contributed by atoms with Crippen molar-refractivity contribution in [3.63, 3.8) is 0 Å². The molecule has 3 aromatic rings. The smallest absolute Gasteiger partial charge is 0.368 e. The van der Waals surface area contributed by atoms with Crippen molar-refractivity contribution in [2.24, 2.45) is 0 Å². The molecule has 1 aromatic carbocycles. The average molecular weight is 462 g/mol. The highest BCUT2D eigenvalue weighted by Gasteiger charge is 2.42. The van der Waals surface area contributed by atoms with Crippen LogP contribution >= 0.6 is 0 Å². The van der Waals surface area contributed by atoms with Crippen LogP contribution in [0.2, 0.25) is 0 Å². The predicted octanol–water partition coefficient (Wildman–Crippen LogP) is 3.68. The standard InChI is InChI=1S/C18H13F7N6O/c19-10-3-5-11(6-4-10)31-14(18(23,24)25)13(29-30-31)16(32)28-9-8-27-15-12(17(20,21)22)2-1-7-26-15/h1-7H,8-9H2,(H,26,27)(H,28,32). The summed E-state index contributed by atoms with van der Waals surface area (Å²) in [5.74, 6) is -2.42. The van der Waals surface area contributed by atoms with Crippen LogP contribution in [0.3, 0.4) is 0 Å². The Balaban J connectivity index is 1.72. The van der Waals surface area contributed by atoms with Crippen molar-refractivity contribution in [1.29, 1.82) is 0 Å². The predicted molar refractivity (Wildman–Crippen MR) is 96.4 cm³/mol. The molecule has 0 saturated heterocycles.